The van der Waals surface area contributed by atoms with E-state index in [0.29, 0.717) is 18.0 Å². The molecule has 2 aromatic rings. The summed E-state index contributed by atoms with van der Waals surface area (Å²) in [7, 11) is -1.69. The number of methoxy groups -OCH3 is 1. The van der Waals surface area contributed by atoms with Crippen molar-refractivity contribution >= 4 is 10.0 Å². The number of sulfonamides is 1. The summed E-state index contributed by atoms with van der Waals surface area (Å²) < 4.78 is 32.1. The lowest BCUT2D eigenvalue weighted by Crippen LogP contribution is -3.15. The summed E-state index contributed by atoms with van der Waals surface area (Å²) in [5, 5.41) is 0. The second-order valence-corrected chi connectivity index (χ2v) is 8.25. The molecular formula is C19H25N2O3S+. The lowest BCUT2D eigenvalue weighted by Gasteiger charge is -2.31. The van der Waals surface area contributed by atoms with Crippen LogP contribution in [0.1, 0.15) is 5.56 Å². The SMILES string of the molecule is COc1ccc(CC[NH+]2CCN(S(=O)(=O)c3ccccc3)CC2)cc1. The fourth-order valence-corrected chi connectivity index (χ4v) is 4.61. The molecule has 1 heterocycles. The van der Waals surface area contributed by atoms with E-state index in [-0.39, 0.29) is 0 Å². The summed E-state index contributed by atoms with van der Waals surface area (Å²) in [4.78, 5) is 1.84. The first kappa shape index (κ1) is 17.9. The predicted octanol–water partition coefficient (Wildman–Crippen LogP) is 0.827. The van der Waals surface area contributed by atoms with E-state index in [4.69, 9.17) is 4.74 Å². The highest BCUT2D eigenvalue weighted by Gasteiger charge is 2.29. The summed E-state index contributed by atoms with van der Waals surface area (Å²) in [5.41, 5.74) is 1.28. The molecule has 1 aliphatic rings. The van der Waals surface area contributed by atoms with Crippen LogP contribution in [0.15, 0.2) is 59.5 Å². The van der Waals surface area contributed by atoms with Gasteiger partial charge < -0.3 is 9.64 Å². The molecule has 1 aliphatic heterocycles. The molecule has 0 amide bonds. The van der Waals surface area contributed by atoms with Crippen molar-refractivity contribution in [2.24, 2.45) is 0 Å². The molecule has 25 heavy (non-hydrogen) atoms. The van der Waals surface area contributed by atoms with Crippen molar-refractivity contribution in [3.63, 3.8) is 0 Å². The van der Waals surface area contributed by atoms with Gasteiger partial charge in [0.15, 0.2) is 0 Å². The monoisotopic (exact) mass is 361 g/mol. The lowest BCUT2D eigenvalue weighted by molar-refractivity contribution is -0.903. The van der Waals surface area contributed by atoms with Crippen LogP contribution < -0.4 is 9.64 Å². The Morgan fingerprint density at radius 2 is 1.64 bits per heavy atom. The van der Waals surface area contributed by atoms with Gasteiger partial charge in [-0.05, 0) is 29.8 Å². The molecule has 134 valence electrons. The average Bonchev–Trinajstić information content (AvgIpc) is 2.68. The zero-order valence-corrected chi connectivity index (χ0v) is 15.3. The van der Waals surface area contributed by atoms with Gasteiger partial charge in [0.2, 0.25) is 10.0 Å². The van der Waals surface area contributed by atoms with Crippen molar-refractivity contribution in [2.45, 2.75) is 11.3 Å². The highest BCUT2D eigenvalue weighted by atomic mass is 32.2. The van der Waals surface area contributed by atoms with Crippen molar-refractivity contribution < 1.29 is 18.1 Å². The molecule has 1 N–H and O–H groups in total. The number of quaternary nitrogens is 1. The molecule has 0 spiro atoms. The molecule has 0 atom stereocenters. The fourth-order valence-electron chi connectivity index (χ4n) is 3.15. The van der Waals surface area contributed by atoms with Crippen molar-refractivity contribution in [1.29, 1.82) is 0 Å². The van der Waals surface area contributed by atoms with E-state index < -0.39 is 10.0 Å². The molecule has 0 bridgehead atoms. The number of ether oxygens (including phenoxy) is 1. The maximum Gasteiger partial charge on any atom is 0.243 e. The highest BCUT2D eigenvalue weighted by Crippen LogP contribution is 2.15. The van der Waals surface area contributed by atoms with Crippen molar-refractivity contribution in [1.82, 2.24) is 4.31 Å². The normalized spacial score (nSPS) is 16.7. The van der Waals surface area contributed by atoms with Gasteiger partial charge in [-0.15, -0.1) is 0 Å². The number of rotatable bonds is 6. The van der Waals surface area contributed by atoms with Gasteiger partial charge in [0.25, 0.3) is 0 Å². The molecule has 6 heteroatoms. The summed E-state index contributed by atoms with van der Waals surface area (Å²) in [5.74, 6) is 0.871. The Balaban J connectivity index is 1.51. The fraction of sp³-hybridized carbons (Fsp3) is 0.368. The number of nitrogens with one attached hydrogen (secondary N) is 1. The molecular weight excluding hydrogens is 336 g/mol. The maximum absolute atomic E-state index is 12.6. The molecule has 0 unspecified atom stereocenters. The minimum absolute atomic E-state index is 0.386. The van der Waals surface area contributed by atoms with E-state index in [0.717, 1.165) is 31.8 Å². The topological polar surface area (TPSA) is 51.1 Å². The van der Waals surface area contributed by atoms with Gasteiger partial charge >= 0.3 is 0 Å². The Morgan fingerprint density at radius 3 is 2.24 bits per heavy atom. The van der Waals surface area contributed by atoms with E-state index >= 15 is 0 Å². The van der Waals surface area contributed by atoms with Crippen LogP contribution in [-0.2, 0) is 16.4 Å². The molecule has 0 aromatic heterocycles. The van der Waals surface area contributed by atoms with Gasteiger partial charge in [0.1, 0.15) is 5.75 Å². The Hall–Kier alpha value is -1.89. The number of piperazine rings is 1. The van der Waals surface area contributed by atoms with E-state index in [2.05, 4.69) is 12.1 Å². The van der Waals surface area contributed by atoms with Crippen LogP contribution in [0.2, 0.25) is 0 Å². The molecule has 2 aromatic carbocycles. The standard InChI is InChI=1S/C19H24N2O3S/c1-24-18-9-7-17(8-10-18)11-12-20-13-15-21(16-14-20)25(22,23)19-5-3-2-4-6-19/h2-10H,11-16H2,1H3/p+1. The van der Waals surface area contributed by atoms with Crippen LogP contribution in [0.25, 0.3) is 0 Å². The number of nitrogens with zero attached hydrogens (tertiary/aromatic N) is 1. The summed E-state index contributed by atoms with van der Waals surface area (Å²) in [6.07, 6.45) is 0.991. The zero-order chi connectivity index (χ0) is 17.7. The molecule has 3 rings (SSSR count). The van der Waals surface area contributed by atoms with Gasteiger partial charge in [-0.3, -0.25) is 0 Å². The second kappa shape index (κ2) is 7.99. The number of hydrogen-bond donors (Lipinski definition) is 1. The molecule has 0 saturated carbocycles. The largest absolute Gasteiger partial charge is 0.497 e. The minimum Gasteiger partial charge on any atom is -0.497 e. The first-order valence-electron chi connectivity index (χ1n) is 8.61. The van der Waals surface area contributed by atoms with Gasteiger partial charge in [0.05, 0.1) is 44.7 Å². The third-order valence-electron chi connectivity index (χ3n) is 4.74. The summed E-state index contributed by atoms with van der Waals surface area (Å²) in [6.45, 7) is 3.88. The second-order valence-electron chi connectivity index (χ2n) is 6.32. The average molecular weight is 361 g/mol. The molecule has 0 radical (unpaired) electrons. The molecule has 5 nitrogen and oxygen atoms in total. The van der Waals surface area contributed by atoms with E-state index in [1.165, 1.54) is 10.5 Å². The van der Waals surface area contributed by atoms with Crippen LogP contribution >= 0.6 is 0 Å². The van der Waals surface area contributed by atoms with Crippen molar-refractivity contribution in [3.05, 3.63) is 60.2 Å². The number of hydrogen-bond acceptors (Lipinski definition) is 3. The third-order valence-corrected chi connectivity index (χ3v) is 6.65. The third kappa shape index (κ3) is 4.39. The smallest absolute Gasteiger partial charge is 0.243 e. The van der Waals surface area contributed by atoms with E-state index in [1.807, 2.05) is 18.2 Å². The van der Waals surface area contributed by atoms with Gasteiger partial charge in [0, 0.05) is 6.42 Å². The summed E-state index contributed by atoms with van der Waals surface area (Å²) in [6, 6.07) is 16.8. The summed E-state index contributed by atoms with van der Waals surface area (Å²) >= 11 is 0. The van der Waals surface area contributed by atoms with Crippen molar-refractivity contribution in [3.8, 4) is 5.75 Å². The lowest BCUT2D eigenvalue weighted by atomic mass is 10.1. The Morgan fingerprint density at radius 1 is 1.00 bits per heavy atom. The van der Waals surface area contributed by atoms with Crippen LogP contribution in [0.5, 0.6) is 5.75 Å². The Labute approximate surface area is 149 Å². The first-order valence-corrected chi connectivity index (χ1v) is 10.1. The minimum atomic E-state index is -3.35. The van der Waals surface area contributed by atoms with Crippen LogP contribution in [0.3, 0.4) is 0 Å². The number of benzene rings is 2. The zero-order valence-electron chi connectivity index (χ0n) is 14.5. The highest BCUT2D eigenvalue weighted by molar-refractivity contribution is 7.89. The van der Waals surface area contributed by atoms with Crippen LogP contribution in [0, 0.1) is 0 Å². The van der Waals surface area contributed by atoms with E-state index in [9.17, 15) is 8.42 Å². The molecule has 1 fully saturated rings. The Bertz CT molecular complexity index is 768. The predicted molar refractivity (Wildman–Crippen MR) is 97.5 cm³/mol. The molecule has 1 saturated heterocycles. The first-order chi connectivity index (χ1) is 12.1. The van der Waals surface area contributed by atoms with E-state index in [1.54, 1.807) is 35.7 Å². The van der Waals surface area contributed by atoms with Crippen LogP contribution in [0.4, 0.5) is 0 Å². The van der Waals surface area contributed by atoms with Gasteiger partial charge in [-0.2, -0.15) is 4.31 Å². The Kier molecular flexibility index (Phi) is 5.73. The quantitative estimate of drug-likeness (QED) is 0.829. The molecule has 0 aliphatic carbocycles. The van der Waals surface area contributed by atoms with Gasteiger partial charge in [-0.25, -0.2) is 8.42 Å². The van der Waals surface area contributed by atoms with Gasteiger partial charge in [-0.1, -0.05) is 30.3 Å². The van der Waals surface area contributed by atoms with Crippen LogP contribution in [-0.4, -0.2) is 52.6 Å². The van der Waals surface area contributed by atoms with Crippen molar-refractivity contribution in [2.75, 3.05) is 39.8 Å². The maximum atomic E-state index is 12.6.